The van der Waals surface area contributed by atoms with Crippen molar-refractivity contribution in [3.05, 3.63) is 59.8 Å². The largest absolute Gasteiger partial charge is 0.239 e. The quantitative estimate of drug-likeness (QED) is 0.564. The van der Waals surface area contributed by atoms with E-state index in [1.54, 1.807) is 0 Å². The molecule has 2 heterocycles. The molecule has 0 saturated carbocycles. The minimum absolute atomic E-state index is 1.03. The van der Waals surface area contributed by atoms with Crippen LogP contribution in [0.3, 0.4) is 0 Å². The van der Waals surface area contributed by atoms with Gasteiger partial charge in [-0.25, -0.2) is 4.52 Å². The van der Waals surface area contributed by atoms with Gasteiger partial charge in [0, 0.05) is 22.7 Å². The van der Waals surface area contributed by atoms with E-state index in [1.165, 1.54) is 22.0 Å². The second kappa shape index (κ2) is 3.08. The van der Waals surface area contributed by atoms with Gasteiger partial charge in [-0.1, -0.05) is 42.5 Å². The Hall–Kier alpha value is -2.35. The van der Waals surface area contributed by atoms with Gasteiger partial charge in [-0.3, -0.25) is 0 Å². The predicted molar refractivity (Wildman–Crippen MR) is 70.8 cm³/mol. The van der Waals surface area contributed by atoms with E-state index in [1.807, 2.05) is 16.8 Å². The van der Waals surface area contributed by atoms with Gasteiger partial charge >= 0.3 is 0 Å². The lowest BCUT2D eigenvalue weighted by Gasteiger charge is -2.05. The second-order valence-corrected chi connectivity index (χ2v) is 4.21. The maximum absolute atomic E-state index is 4.63. The van der Waals surface area contributed by atoms with Gasteiger partial charge in [0.2, 0.25) is 0 Å². The third-order valence-corrected chi connectivity index (χ3v) is 3.21. The van der Waals surface area contributed by atoms with Crippen molar-refractivity contribution in [2.24, 2.45) is 0 Å². The molecule has 4 rings (SSSR count). The maximum atomic E-state index is 4.63. The van der Waals surface area contributed by atoms with Crippen LogP contribution in [0.4, 0.5) is 0 Å². The van der Waals surface area contributed by atoms with E-state index >= 15 is 0 Å². The molecule has 0 radical (unpaired) electrons. The van der Waals surface area contributed by atoms with Crippen LogP contribution >= 0.6 is 0 Å². The van der Waals surface area contributed by atoms with Gasteiger partial charge in [0.15, 0.2) is 0 Å². The van der Waals surface area contributed by atoms with Crippen LogP contribution in [-0.4, -0.2) is 9.61 Å². The van der Waals surface area contributed by atoms with Crippen molar-refractivity contribution in [1.29, 1.82) is 0 Å². The van der Waals surface area contributed by atoms with Gasteiger partial charge in [0.05, 0.1) is 11.0 Å². The highest BCUT2D eigenvalue weighted by molar-refractivity contribution is 5.97. The molecule has 0 bridgehead atoms. The van der Waals surface area contributed by atoms with Crippen molar-refractivity contribution in [3.63, 3.8) is 0 Å². The summed E-state index contributed by atoms with van der Waals surface area (Å²) in [6, 6.07) is 10.4. The van der Waals surface area contributed by atoms with Crippen molar-refractivity contribution in [3.8, 4) is 0 Å². The van der Waals surface area contributed by atoms with E-state index in [0.29, 0.717) is 0 Å². The van der Waals surface area contributed by atoms with E-state index in [-0.39, 0.29) is 0 Å². The molecule has 2 aromatic heterocycles. The van der Waals surface area contributed by atoms with Crippen LogP contribution < -0.4 is 0 Å². The van der Waals surface area contributed by atoms with Crippen molar-refractivity contribution in [1.82, 2.24) is 9.61 Å². The van der Waals surface area contributed by atoms with Gasteiger partial charge < -0.3 is 0 Å². The minimum atomic E-state index is 1.03. The van der Waals surface area contributed by atoms with Gasteiger partial charge in [-0.2, -0.15) is 5.10 Å². The first-order valence-corrected chi connectivity index (χ1v) is 5.68. The number of allylic oxidation sites excluding steroid dienone is 2. The molecular formula is C15H10N2. The van der Waals surface area contributed by atoms with E-state index in [2.05, 4.69) is 53.7 Å². The summed E-state index contributed by atoms with van der Waals surface area (Å²) in [4.78, 5) is 0. The number of fused-ring (bicyclic) bond motifs is 2. The highest BCUT2D eigenvalue weighted by Gasteiger charge is 2.10. The van der Waals surface area contributed by atoms with Crippen LogP contribution in [0.2, 0.25) is 0 Å². The molecule has 0 atom stereocenters. The third kappa shape index (κ3) is 1.12. The number of hydrogen-bond donors (Lipinski definition) is 0. The Labute approximate surface area is 98.5 Å². The summed E-state index contributed by atoms with van der Waals surface area (Å²) in [6.07, 6.45) is 10.5. The molecular weight excluding hydrogens is 208 g/mol. The molecule has 0 aliphatic heterocycles. The molecule has 0 fully saturated rings. The molecule has 0 saturated heterocycles. The Morgan fingerprint density at radius 3 is 2.82 bits per heavy atom. The molecule has 0 spiro atoms. The van der Waals surface area contributed by atoms with E-state index in [0.717, 1.165) is 5.52 Å². The fourth-order valence-corrected chi connectivity index (χ4v) is 2.45. The Kier molecular flexibility index (Phi) is 1.59. The van der Waals surface area contributed by atoms with Gasteiger partial charge in [-0.05, 0) is 12.1 Å². The SMILES string of the molecule is C1=Cc2ccn3nc4ccccc4c(c23)C=C1. The van der Waals surface area contributed by atoms with Crippen molar-refractivity contribution >= 4 is 28.6 Å². The molecule has 80 valence electrons. The summed E-state index contributed by atoms with van der Waals surface area (Å²) >= 11 is 0. The Bertz CT molecular complexity index is 791. The molecule has 2 heteroatoms. The molecule has 0 N–H and O–H groups in total. The van der Waals surface area contributed by atoms with Crippen molar-refractivity contribution in [2.45, 2.75) is 0 Å². The molecule has 0 unspecified atom stereocenters. The standard InChI is InChI=1S/C15H10N2/c1-2-7-13-12-6-3-4-8-14(12)16-17-10-9-11(5-1)15(13)17/h1-10H. The number of rotatable bonds is 0. The Balaban J connectivity index is 2.34. The topological polar surface area (TPSA) is 17.3 Å². The first kappa shape index (κ1) is 8.76. The van der Waals surface area contributed by atoms with Gasteiger partial charge in [0.25, 0.3) is 0 Å². The second-order valence-electron chi connectivity index (χ2n) is 4.21. The Morgan fingerprint density at radius 1 is 0.941 bits per heavy atom. The zero-order valence-corrected chi connectivity index (χ0v) is 9.17. The van der Waals surface area contributed by atoms with Gasteiger partial charge in [-0.15, -0.1) is 0 Å². The zero-order chi connectivity index (χ0) is 11.2. The summed E-state index contributed by atoms with van der Waals surface area (Å²) < 4.78 is 1.97. The van der Waals surface area contributed by atoms with Gasteiger partial charge in [0.1, 0.15) is 0 Å². The summed E-state index contributed by atoms with van der Waals surface area (Å²) in [7, 11) is 0. The lowest BCUT2D eigenvalue weighted by atomic mass is 10.1. The first-order valence-electron chi connectivity index (χ1n) is 5.68. The summed E-state index contributed by atoms with van der Waals surface area (Å²) in [5.41, 5.74) is 4.70. The van der Waals surface area contributed by atoms with Crippen molar-refractivity contribution in [2.75, 3.05) is 0 Å². The molecule has 3 aromatic rings. The number of nitrogens with zero attached hydrogens (tertiary/aromatic N) is 2. The first-order chi connectivity index (χ1) is 8.43. The highest BCUT2D eigenvalue weighted by Crippen LogP contribution is 2.28. The molecule has 1 aliphatic rings. The minimum Gasteiger partial charge on any atom is -0.239 e. The smallest absolute Gasteiger partial charge is 0.0919 e. The normalized spacial score (nSPS) is 13.4. The average Bonchev–Trinajstić information content (AvgIpc) is 2.64. The fourth-order valence-electron chi connectivity index (χ4n) is 2.45. The summed E-state index contributed by atoms with van der Waals surface area (Å²) in [6.45, 7) is 0. The summed E-state index contributed by atoms with van der Waals surface area (Å²) in [5, 5.41) is 5.84. The third-order valence-electron chi connectivity index (χ3n) is 3.21. The van der Waals surface area contributed by atoms with Crippen LogP contribution in [0.5, 0.6) is 0 Å². The number of benzene rings is 1. The molecule has 0 amide bonds. The van der Waals surface area contributed by atoms with E-state index in [9.17, 15) is 0 Å². The lowest BCUT2D eigenvalue weighted by Crippen LogP contribution is -1.94. The maximum Gasteiger partial charge on any atom is 0.0919 e. The lowest BCUT2D eigenvalue weighted by molar-refractivity contribution is 0.973. The van der Waals surface area contributed by atoms with Crippen molar-refractivity contribution < 1.29 is 0 Å². The number of aromatic nitrogens is 2. The van der Waals surface area contributed by atoms with Crippen LogP contribution in [0.15, 0.2) is 48.7 Å². The molecule has 1 aliphatic carbocycles. The highest BCUT2D eigenvalue weighted by atomic mass is 15.2. The van der Waals surface area contributed by atoms with E-state index in [4.69, 9.17) is 0 Å². The molecule has 1 aromatic carbocycles. The fraction of sp³-hybridized carbons (Fsp3) is 0. The van der Waals surface area contributed by atoms with E-state index < -0.39 is 0 Å². The Morgan fingerprint density at radius 2 is 1.82 bits per heavy atom. The predicted octanol–water partition coefficient (Wildman–Crippen LogP) is 3.53. The number of hydrogen-bond acceptors (Lipinski definition) is 1. The zero-order valence-electron chi connectivity index (χ0n) is 9.17. The van der Waals surface area contributed by atoms with Crippen LogP contribution in [-0.2, 0) is 0 Å². The van der Waals surface area contributed by atoms with Crippen LogP contribution in [0.1, 0.15) is 11.1 Å². The summed E-state index contributed by atoms with van der Waals surface area (Å²) in [5.74, 6) is 0. The molecule has 2 nitrogen and oxygen atoms in total. The average molecular weight is 218 g/mol. The molecule has 17 heavy (non-hydrogen) atoms. The van der Waals surface area contributed by atoms with Crippen LogP contribution in [0, 0.1) is 0 Å². The monoisotopic (exact) mass is 218 g/mol. The van der Waals surface area contributed by atoms with Crippen LogP contribution in [0.25, 0.3) is 28.6 Å².